The van der Waals surface area contributed by atoms with E-state index in [0.717, 1.165) is 5.56 Å². The SMILES string of the molecule is Cc1nc2nc(-c3cccnc3)nn2c(N)c1C#N. The highest BCUT2D eigenvalue weighted by Gasteiger charge is 2.14. The van der Waals surface area contributed by atoms with Crippen molar-refractivity contribution in [1.82, 2.24) is 24.6 Å². The molecule has 0 aliphatic carbocycles. The van der Waals surface area contributed by atoms with E-state index < -0.39 is 0 Å². The monoisotopic (exact) mass is 251 g/mol. The highest BCUT2D eigenvalue weighted by Crippen LogP contribution is 2.19. The molecule has 0 unspecified atom stereocenters. The lowest BCUT2D eigenvalue weighted by Crippen LogP contribution is -2.06. The van der Waals surface area contributed by atoms with Gasteiger partial charge < -0.3 is 5.73 Å². The molecule has 0 spiro atoms. The molecule has 0 saturated carbocycles. The van der Waals surface area contributed by atoms with E-state index in [1.54, 1.807) is 25.4 Å². The number of hydrogen-bond acceptors (Lipinski definition) is 6. The maximum Gasteiger partial charge on any atom is 0.254 e. The summed E-state index contributed by atoms with van der Waals surface area (Å²) in [5.41, 5.74) is 7.53. The molecule has 0 atom stereocenters. The van der Waals surface area contributed by atoms with E-state index >= 15 is 0 Å². The molecule has 3 rings (SSSR count). The molecular formula is C12H9N7. The molecular weight excluding hydrogens is 242 g/mol. The smallest absolute Gasteiger partial charge is 0.254 e. The van der Waals surface area contributed by atoms with Crippen molar-refractivity contribution in [3.8, 4) is 17.5 Å². The highest BCUT2D eigenvalue weighted by molar-refractivity contribution is 5.60. The molecule has 0 saturated heterocycles. The van der Waals surface area contributed by atoms with E-state index in [0.29, 0.717) is 22.9 Å². The van der Waals surface area contributed by atoms with Crippen LogP contribution in [0.2, 0.25) is 0 Å². The van der Waals surface area contributed by atoms with E-state index in [1.165, 1.54) is 4.52 Å². The Labute approximate surface area is 108 Å². The first-order chi connectivity index (χ1) is 9.20. The van der Waals surface area contributed by atoms with E-state index in [1.807, 2.05) is 12.1 Å². The van der Waals surface area contributed by atoms with Crippen molar-refractivity contribution in [2.45, 2.75) is 6.92 Å². The van der Waals surface area contributed by atoms with Crippen LogP contribution in [0.25, 0.3) is 17.2 Å². The number of nitrogens with two attached hydrogens (primary N) is 1. The number of fused-ring (bicyclic) bond motifs is 1. The summed E-state index contributed by atoms with van der Waals surface area (Å²) in [5.74, 6) is 1.09. The molecule has 0 fully saturated rings. The minimum atomic E-state index is 0.243. The van der Waals surface area contributed by atoms with Gasteiger partial charge in [0, 0.05) is 18.0 Å². The second-order valence-electron chi connectivity index (χ2n) is 3.96. The number of hydrogen-bond donors (Lipinski definition) is 1. The summed E-state index contributed by atoms with van der Waals surface area (Å²) in [4.78, 5) is 12.5. The van der Waals surface area contributed by atoms with E-state index in [2.05, 4.69) is 20.1 Å². The van der Waals surface area contributed by atoms with Gasteiger partial charge in [-0.2, -0.15) is 14.8 Å². The molecule has 7 heteroatoms. The molecule has 3 aromatic rings. The van der Waals surface area contributed by atoms with Gasteiger partial charge >= 0.3 is 0 Å². The molecule has 0 aliphatic heterocycles. The van der Waals surface area contributed by atoms with Crippen LogP contribution >= 0.6 is 0 Å². The minimum absolute atomic E-state index is 0.243. The maximum absolute atomic E-state index is 9.04. The lowest BCUT2D eigenvalue weighted by atomic mass is 10.2. The molecule has 0 aliphatic rings. The van der Waals surface area contributed by atoms with Crippen LogP contribution < -0.4 is 5.73 Å². The Hall–Kier alpha value is -3.01. The predicted octanol–water partition coefficient (Wildman–Crippen LogP) is 0.949. The first-order valence-corrected chi connectivity index (χ1v) is 5.54. The lowest BCUT2D eigenvalue weighted by Gasteiger charge is -2.01. The van der Waals surface area contributed by atoms with Gasteiger partial charge in [-0.05, 0) is 19.1 Å². The predicted molar refractivity (Wildman–Crippen MR) is 67.9 cm³/mol. The van der Waals surface area contributed by atoms with Crippen LogP contribution in [-0.2, 0) is 0 Å². The minimum Gasteiger partial charge on any atom is -0.382 e. The Kier molecular flexibility index (Phi) is 2.35. The van der Waals surface area contributed by atoms with Crippen molar-refractivity contribution < 1.29 is 0 Å². The molecule has 19 heavy (non-hydrogen) atoms. The van der Waals surface area contributed by atoms with Gasteiger partial charge in [-0.3, -0.25) is 4.98 Å². The quantitative estimate of drug-likeness (QED) is 0.690. The Bertz CT molecular complexity index is 798. The summed E-state index contributed by atoms with van der Waals surface area (Å²) in [6.07, 6.45) is 3.33. The molecule has 0 radical (unpaired) electrons. The van der Waals surface area contributed by atoms with Crippen molar-refractivity contribution in [2.24, 2.45) is 0 Å². The second kappa shape index (κ2) is 4.03. The summed E-state index contributed by atoms with van der Waals surface area (Å²) in [7, 11) is 0. The number of pyridine rings is 1. The molecule has 0 amide bonds. The Balaban J connectivity index is 2.28. The van der Waals surface area contributed by atoms with Crippen LogP contribution in [0.3, 0.4) is 0 Å². The Morgan fingerprint density at radius 2 is 2.21 bits per heavy atom. The van der Waals surface area contributed by atoms with Gasteiger partial charge in [0.05, 0.1) is 5.69 Å². The van der Waals surface area contributed by atoms with Gasteiger partial charge in [0.15, 0.2) is 5.82 Å². The summed E-state index contributed by atoms with van der Waals surface area (Å²) < 4.78 is 1.37. The van der Waals surface area contributed by atoms with Gasteiger partial charge in [0.25, 0.3) is 5.78 Å². The van der Waals surface area contributed by atoms with Gasteiger partial charge in [0.1, 0.15) is 17.5 Å². The third kappa shape index (κ3) is 1.66. The topological polar surface area (TPSA) is 106 Å². The van der Waals surface area contributed by atoms with Crippen molar-refractivity contribution in [1.29, 1.82) is 5.26 Å². The number of aryl methyl sites for hydroxylation is 1. The average molecular weight is 251 g/mol. The summed E-state index contributed by atoms with van der Waals surface area (Å²) >= 11 is 0. The van der Waals surface area contributed by atoms with Gasteiger partial charge in [-0.25, -0.2) is 4.98 Å². The largest absolute Gasteiger partial charge is 0.382 e. The number of aromatic nitrogens is 5. The zero-order chi connectivity index (χ0) is 13.4. The van der Waals surface area contributed by atoms with Crippen molar-refractivity contribution >= 4 is 11.6 Å². The van der Waals surface area contributed by atoms with Crippen LogP contribution in [0.4, 0.5) is 5.82 Å². The summed E-state index contributed by atoms with van der Waals surface area (Å²) in [6, 6.07) is 5.65. The molecule has 7 nitrogen and oxygen atoms in total. The zero-order valence-corrected chi connectivity index (χ0v) is 10.1. The Morgan fingerprint density at radius 3 is 2.89 bits per heavy atom. The number of nitriles is 1. The van der Waals surface area contributed by atoms with E-state index in [-0.39, 0.29) is 5.82 Å². The standard InChI is InChI=1S/C12H9N7/c1-7-9(5-13)10(14)19-12(16-7)17-11(18-19)8-3-2-4-15-6-8/h2-4,6H,14H2,1H3. The van der Waals surface area contributed by atoms with Gasteiger partial charge in [0.2, 0.25) is 0 Å². The van der Waals surface area contributed by atoms with Crippen LogP contribution in [-0.4, -0.2) is 24.6 Å². The van der Waals surface area contributed by atoms with Crippen molar-refractivity contribution in [2.75, 3.05) is 5.73 Å². The first-order valence-electron chi connectivity index (χ1n) is 5.54. The highest BCUT2D eigenvalue weighted by atomic mass is 15.4. The van der Waals surface area contributed by atoms with Crippen LogP contribution in [0.5, 0.6) is 0 Å². The van der Waals surface area contributed by atoms with Crippen molar-refractivity contribution in [3.05, 3.63) is 35.8 Å². The summed E-state index contributed by atoms with van der Waals surface area (Å²) in [5, 5.41) is 13.3. The van der Waals surface area contributed by atoms with Crippen molar-refractivity contribution in [3.63, 3.8) is 0 Å². The zero-order valence-electron chi connectivity index (χ0n) is 10.1. The third-order valence-corrected chi connectivity index (χ3v) is 2.74. The first kappa shape index (κ1) is 11.1. The molecule has 3 aromatic heterocycles. The van der Waals surface area contributed by atoms with E-state index in [9.17, 15) is 0 Å². The maximum atomic E-state index is 9.04. The average Bonchev–Trinajstić information content (AvgIpc) is 2.84. The van der Waals surface area contributed by atoms with Gasteiger partial charge in [-0.15, -0.1) is 5.10 Å². The fraction of sp³-hybridized carbons (Fsp3) is 0.0833. The fourth-order valence-electron chi connectivity index (χ4n) is 1.79. The van der Waals surface area contributed by atoms with Crippen LogP contribution in [0.15, 0.2) is 24.5 Å². The third-order valence-electron chi connectivity index (χ3n) is 2.74. The number of nitrogen functional groups attached to an aromatic ring is 1. The van der Waals surface area contributed by atoms with Crippen LogP contribution in [0.1, 0.15) is 11.3 Å². The Morgan fingerprint density at radius 1 is 1.37 bits per heavy atom. The number of rotatable bonds is 1. The van der Waals surface area contributed by atoms with Gasteiger partial charge in [-0.1, -0.05) is 0 Å². The second-order valence-corrected chi connectivity index (χ2v) is 3.96. The molecule has 0 bridgehead atoms. The number of nitrogens with zero attached hydrogens (tertiary/aromatic N) is 6. The lowest BCUT2D eigenvalue weighted by molar-refractivity contribution is 0.939. The fourth-order valence-corrected chi connectivity index (χ4v) is 1.79. The molecule has 92 valence electrons. The summed E-state index contributed by atoms with van der Waals surface area (Å²) in [6.45, 7) is 1.72. The number of anilines is 1. The normalized spacial score (nSPS) is 10.5. The molecule has 0 aromatic carbocycles. The van der Waals surface area contributed by atoms with E-state index in [4.69, 9.17) is 11.0 Å². The molecule has 3 heterocycles. The van der Waals surface area contributed by atoms with Crippen LogP contribution in [0, 0.1) is 18.3 Å². The molecule has 2 N–H and O–H groups in total.